The molecule has 0 aliphatic rings. The number of para-hydroxylation sites is 1. The second kappa shape index (κ2) is 6.53. The molecule has 0 heterocycles. The Balaban J connectivity index is 2.34. The Labute approximate surface area is 138 Å². The molecule has 1 nitrogen and oxygen atoms in total. The summed E-state index contributed by atoms with van der Waals surface area (Å²) in [6.45, 7) is 6.10. The summed E-state index contributed by atoms with van der Waals surface area (Å²) in [5, 5.41) is 2.48. The zero-order valence-electron chi connectivity index (χ0n) is 13.7. The maximum absolute atomic E-state index is 4.06. The lowest BCUT2D eigenvalue weighted by atomic mass is 9.96. The molecular weight excluding hydrogens is 278 g/mol. The molecule has 0 aliphatic heterocycles. The van der Waals surface area contributed by atoms with E-state index in [1.165, 1.54) is 27.7 Å². The van der Waals surface area contributed by atoms with E-state index in [0.717, 1.165) is 5.56 Å². The van der Waals surface area contributed by atoms with Crippen LogP contribution in [0.2, 0.25) is 0 Å². The average molecular weight is 299 g/mol. The Hall–Kier alpha value is -2.80. The van der Waals surface area contributed by atoms with Gasteiger partial charge >= 0.3 is 0 Å². The minimum absolute atomic E-state index is 1.16. The molecule has 0 unspecified atom stereocenters. The van der Waals surface area contributed by atoms with Crippen LogP contribution in [0, 0.1) is 0 Å². The van der Waals surface area contributed by atoms with Gasteiger partial charge in [-0.25, -0.2) is 0 Å². The summed E-state index contributed by atoms with van der Waals surface area (Å²) < 4.78 is 0. The molecule has 0 saturated heterocycles. The minimum atomic E-state index is 1.16. The van der Waals surface area contributed by atoms with Gasteiger partial charge in [0.1, 0.15) is 0 Å². The van der Waals surface area contributed by atoms with Gasteiger partial charge in [0.15, 0.2) is 0 Å². The summed E-state index contributed by atoms with van der Waals surface area (Å²) in [4.78, 5) is 2.24. The molecule has 3 aromatic rings. The molecule has 0 N–H and O–H groups in total. The first kappa shape index (κ1) is 15.1. The molecule has 0 saturated carbocycles. The Morgan fingerprint density at radius 1 is 0.957 bits per heavy atom. The number of anilines is 2. The van der Waals surface area contributed by atoms with Crippen molar-refractivity contribution in [2.24, 2.45) is 0 Å². The molecule has 3 rings (SSSR count). The summed E-state index contributed by atoms with van der Waals surface area (Å²) in [7, 11) is 2.11. The van der Waals surface area contributed by atoms with Gasteiger partial charge in [0.2, 0.25) is 0 Å². The number of benzene rings is 3. The largest absolute Gasteiger partial charge is 0.344 e. The number of hydrogen-bond acceptors (Lipinski definition) is 1. The zero-order chi connectivity index (χ0) is 16.2. The standard InChI is InChI=1S/C22H21N/c1-4-11-17-16-18-12-9-10-15-21(18)22(20(17)5-2)23(3)19-13-7-6-8-14-19/h4-16H,2H2,1,3H3/b11-4-. The van der Waals surface area contributed by atoms with Gasteiger partial charge in [0.25, 0.3) is 0 Å². The number of rotatable bonds is 4. The fraction of sp³-hybridized carbons (Fsp3) is 0.0909. The van der Waals surface area contributed by atoms with Crippen LogP contribution in [-0.2, 0) is 0 Å². The van der Waals surface area contributed by atoms with Crippen molar-refractivity contribution in [3.8, 4) is 0 Å². The normalized spacial score (nSPS) is 11.0. The third kappa shape index (κ3) is 2.78. The molecule has 114 valence electrons. The number of nitrogens with zero attached hydrogens (tertiary/aromatic N) is 1. The van der Waals surface area contributed by atoms with Gasteiger partial charge in [0, 0.05) is 23.7 Å². The van der Waals surface area contributed by atoms with Gasteiger partial charge in [-0.2, -0.15) is 0 Å². The molecule has 0 spiro atoms. The van der Waals surface area contributed by atoms with Crippen LogP contribution in [-0.4, -0.2) is 7.05 Å². The van der Waals surface area contributed by atoms with E-state index in [4.69, 9.17) is 0 Å². The third-order valence-electron chi connectivity index (χ3n) is 4.12. The monoisotopic (exact) mass is 299 g/mol. The molecule has 0 fully saturated rings. The van der Waals surface area contributed by atoms with Gasteiger partial charge < -0.3 is 4.90 Å². The Morgan fingerprint density at radius 3 is 2.35 bits per heavy atom. The molecule has 1 heteroatoms. The summed E-state index contributed by atoms with van der Waals surface area (Å²) in [5.74, 6) is 0. The van der Waals surface area contributed by atoms with Crippen molar-refractivity contribution in [3.05, 3.63) is 84.4 Å². The Bertz CT molecular complexity index is 860. The molecule has 0 bridgehead atoms. The minimum Gasteiger partial charge on any atom is -0.344 e. The van der Waals surface area contributed by atoms with E-state index in [1.807, 2.05) is 19.1 Å². The first-order chi connectivity index (χ1) is 11.3. The lowest BCUT2D eigenvalue weighted by Gasteiger charge is -2.25. The lowest BCUT2D eigenvalue weighted by molar-refractivity contribution is 1.22. The summed E-state index contributed by atoms with van der Waals surface area (Å²) in [6, 6.07) is 21.2. The SMILES string of the molecule is C=Cc1c(/C=C\C)cc2ccccc2c1N(C)c1ccccc1. The van der Waals surface area contributed by atoms with Crippen LogP contribution >= 0.6 is 0 Å². The number of fused-ring (bicyclic) bond motifs is 1. The maximum Gasteiger partial charge on any atom is 0.0567 e. The van der Waals surface area contributed by atoms with Crippen molar-refractivity contribution < 1.29 is 0 Å². The molecule has 23 heavy (non-hydrogen) atoms. The topological polar surface area (TPSA) is 3.24 Å². The lowest BCUT2D eigenvalue weighted by Crippen LogP contribution is -2.12. The molecule has 0 amide bonds. The smallest absolute Gasteiger partial charge is 0.0567 e. The maximum atomic E-state index is 4.06. The number of allylic oxidation sites excluding steroid dienone is 1. The molecule has 0 aliphatic carbocycles. The van der Waals surface area contributed by atoms with Crippen molar-refractivity contribution in [3.63, 3.8) is 0 Å². The average Bonchev–Trinajstić information content (AvgIpc) is 2.61. The highest BCUT2D eigenvalue weighted by molar-refractivity contribution is 6.02. The predicted molar refractivity (Wildman–Crippen MR) is 103 cm³/mol. The van der Waals surface area contributed by atoms with Crippen LogP contribution < -0.4 is 4.90 Å². The van der Waals surface area contributed by atoms with Crippen LogP contribution in [0.1, 0.15) is 18.1 Å². The van der Waals surface area contributed by atoms with Crippen LogP contribution in [0.5, 0.6) is 0 Å². The number of hydrogen-bond donors (Lipinski definition) is 0. The summed E-state index contributed by atoms with van der Waals surface area (Å²) in [6.07, 6.45) is 6.17. The van der Waals surface area contributed by atoms with Crippen molar-refractivity contribution in [2.45, 2.75) is 6.92 Å². The van der Waals surface area contributed by atoms with E-state index < -0.39 is 0 Å². The van der Waals surface area contributed by atoms with E-state index in [9.17, 15) is 0 Å². The van der Waals surface area contributed by atoms with E-state index in [2.05, 4.69) is 85.3 Å². The third-order valence-corrected chi connectivity index (χ3v) is 4.12. The predicted octanol–water partition coefficient (Wildman–Crippen LogP) is 6.28. The van der Waals surface area contributed by atoms with Crippen LogP contribution in [0.25, 0.3) is 22.9 Å². The molecule has 3 aromatic carbocycles. The van der Waals surface area contributed by atoms with Crippen LogP contribution in [0.15, 0.2) is 73.3 Å². The quantitative estimate of drug-likeness (QED) is 0.547. The van der Waals surface area contributed by atoms with Crippen molar-refractivity contribution in [2.75, 3.05) is 11.9 Å². The second-order valence-electron chi connectivity index (χ2n) is 5.55. The van der Waals surface area contributed by atoms with E-state index in [1.54, 1.807) is 0 Å². The molecule has 0 aromatic heterocycles. The highest BCUT2D eigenvalue weighted by atomic mass is 15.1. The highest BCUT2D eigenvalue weighted by Crippen LogP contribution is 2.37. The van der Waals surface area contributed by atoms with Crippen molar-refractivity contribution in [1.29, 1.82) is 0 Å². The van der Waals surface area contributed by atoms with Crippen LogP contribution in [0.4, 0.5) is 11.4 Å². The Kier molecular flexibility index (Phi) is 4.29. The van der Waals surface area contributed by atoms with Gasteiger partial charge in [-0.1, -0.05) is 67.3 Å². The summed E-state index contributed by atoms with van der Waals surface area (Å²) in [5.41, 5.74) is 4.71. The summed E-state index contributed by atoms with van der Waals surface area (Å²) >= 11 is 0. The van der Waals surface area contributed by atoms with Crippen LogP contribution in [0.3, 0.4) is 0 Å². The van der Waals surface area contributed by atoms with E-state index >= 15 is 0 Å². The molecule has 0 atom stereocenters. The van der Waals surface area contributed by atoms with Gasteiger partial charge in [-0.05, 0) is 36.1 Å². The molecular formula is C22H21N. The highest BCUT2D eigenvalue weighted by Gasteiger charge is 2.14. The van der Waals surface area contributed by atoms with Gasteiger partial charge in [-0.3, -0.25) is 0 Å². The van der Waals surface area contributed by atoms with E-state index in [-0.39, 0.29) is 0 Å². The Morgan fingerprint density at radius 2 is 1.65 bits per heavy atom. The first-order valence-corrected chi connectivity index (χ1v) is 7.86. The van der Waals surface area contributed by atoms with Crippen molar-refractivity contribution in [1.82, 2.24) is 0 Å². The second-order valence-corrected chi connectivity index (χ2v) is 5.55. The fourth-order valence-corrected chi connectivity index (χ4v) is 3.04. The van der Waals surface area contributed by atoms with Crippen molar-refractivity contribution >= 4 is 34.3 Å². The zero-order valence-corrected chi connectivity index (χ0v) is 13.7. The fourth-order valence-electron chi connectivity index (χ4n) is 3.04. The first-order valence-electron chi connectivity index (χ1n) is 7.86. The molecule has 0 radical (unpaired) electrons. The van der Waals surface area contributed by atoms with Gasteiger partial charge in [0.05, 0.1) is 5.69 Å². The van der Waals surface area contributed by atoms with Gasteiger partial charge in [-0.15, -0.1) is 0 Å². The van der Waals surface area contributed by atoms with E-state index in [0.29, 0.717) is 0 Å².